The number of ether oxygens (including phenoxy) is 1. The van der Waals surface area contributed by atoms with Crippen LogP contribution in [0.2, 0.25) is 5.02 Å². The minimum atomic E-state index is 0.217. The molecule has 2 aliphatic rings. The van der Waals surface area contributed by atoms with Gasteiger partial charge in [0.2, 0.25) is 5.91 Å². The number of hydrogen-bond acceptors (Lipinski definition) is 4. The average Bonchev–Trinajstić information content (AvgIpc) is 3.52. The number of likely N-dealkylation sites (N-methyl/N-ethyl adjacent to an activating group) is 1. The molecule has 2 atom stereocenters. The summed E-state index contributed by atoms with van der Waals surface area (Å²) in [6.45, 7) is 4.56. The lowest BCUT2D eigenvalue weighted by Crippen LogP contribution is -2.49. The molecule has 1 aliphatic heterocycles. The molecule has 5 nitrogen and oxygen atoms in total. The van der Waals surface area contributed by atoms with E-state index in [1.165, 1.54) is 5.56 Å². The van der Waals surface area contributed by atoms with Gasteiger partial charge in [0, 0.05) is 43.2 Å². The molecule has 0 aromatic heterocycles. The molecular weight excluding hydrogens is 386 g/mol. The summed E-state index contributed by atoms with van der Waals surface area (Å²) in [5, 5.41) is 4.16. The van der Waals surface area contributed by atoms with Crippen molar-refractivity contribution in [2.45, 2.75) is 25.0 Å². The highest BCUT2D eigenvalue weighted by Gasteiger charge is 2.38. The number of rotatable bonds is 7. The van der Waals surface area contributed by atoms with Gasteiger partial charge >= 0.3 is 0 Å². The zero-order valence-electron chi connectivity index (χ0n) is 16.8. The third-order valence-corrected chi connectivity index (χ3v) is 6.04. The predicted octanol–water partition coefficient (Wildman–Crippen LogP) is 3.14. The lowest BCUT2D eigenvalue weighted by molar-refractivity contribution is -0.131. The van der Waals surface area contributed by atoms with Crippen molar-refractivity contribution in [1.29, 1.82) is 0 Å². The number of benzene rings is 2. The lowest BCUT2D eigenvalue weighted by Gasteiger charge is -2.32. The van der Waals surface area contributed by atoms with E-state index in [1.54, 1.807) is 0 Å². The van der Waals surface area contributed by atoms with Crippen LogP contribution in [-0.4, -0.2) is 61.5 Å². The average molecular weight is 414 g/mol. The molecular formula is C23H28ClN3O2. The predicted molar refractivity (Wildman–Crippen MR) is 115 cm³/mol. The van der Waals surface area contributed by atoms with Gasteiger partial charge in [-0.1, -0.05) is 35.9 Å². The second-order valence-electron chi connectivity index (χ2n) is 8.00. The number of piperazine rings is 1. The minimum absolute atomic E-state index is 0.217. The second-order valence-corrected chi connectivity index (χ2v) is 8.43. The quantitative estimate of drug-likeness (QED) is 0.757. The molecule has 1 saturated carbocycles. The Hall–Kier alpha value is -2.08. The highest BCUT2D eigenvalue weighted by atomic mass is 35.5. The van der Waals surface area contributed by atoms with Crippen LogP contribution in [0.1, 0.15) is 23.5 Å². The van der Waals surface area contributed by atoms with Crippen LogP contribution in [0.4, 0.5) is 0 Å². The summed E-state index contributed by atoms with van der Waals surface area (Å²) in [4.78, 5) is 16.6. The number of hydrogen-bond donors (Lipinski definition) is 1. The van der Waals surface area contributed by atoms with E-state index in [4.69, 9.17) is 16.3 Å². The Labute approximate surface area is 177 Å². The van der Waals surface area contributed by atoms with Gasteiger partial charge < -0.3 is 19.9 Å². The molecule has 1 N–H and O–H groups in total. The maximum absolute atomic E-state index is 12.4. The number of amides is 1. The van der Waals surface area contributed by atoms with Gasteiger partial charge in [0.1, 0.15) is 12.4 Å². The monoisotopic (exact) mass is 413 g/mol. The Morgan fingerprint density at radius 2 is 1.76 bits per heavy atom. The molecule has 1 aliphatic carbocycles. The van der Waals surface area contributed by atoms with E-state index in [0.29, 0.717) is 25.1 Å². The van der Waals surface area contributed by atoms with Gasteiger partial charge in [-0.25, -0.2) is 0 Å². The van der Waals surface area contributed by atoms with Gasteiger partial charge in [0.25, 0.3) is 0 Å². The molecule has 0 spiro atoms. The lowest BCUT2D eigenvalue weighted by atomic mass is 10.1. The van der Waals surface area contributed by atoms with Gasteiger partial charge in [-0.3, -0.25) is 4.79 Å². The molecule has 1 amide bonds. The summed E-state index contributed by atoms with van der Waals surface area (Å²) < 4.78 is 5.86. The first-order valence-corrected chi connectivity index (χ1v) is 10.6. The molecule has 0 bridgehead atoms. The summed E-state index contributed by atoms with van der Waals surface area (Å²) in [5.41, 5.74) is 2.39. The number of carbonyl (C=O) groups excluding carboxylic acids is 1. The standard InChI is InChI=1S/C23H28ClN3O2/c1-26-10-12-27(13-11-26)23(28)15-25-22-14-21(22)18-4-8-20(9-5-18)29-16-17-2-6-19(24)7-3-17/h2-9,21-22,25H,10-16H2,1H3/t21?,22-/m0/s1. The van der Waals surface area contributed by atoms with Crippen LogP contribution in [0, 0.1) is 0 Å². The summed E-state index contributed by atoms with van der Waals surface area (Å²) in [6, 6.07) is 16.4. The number of carbonyl (C=O) groups is 1. The molecule has 0 radical (unpaired) electrons. The summed E-state index contributed by atoms with van der Waals surface area (Å²) >= 11 is 5.91. The zero-order chi connectivity index (χ0) is 20.2. The van der Waals surface area contributed by atoms with Crippen LogP contribution in [-0.2, 0) is 11.4 Å². The first-order valence-electron chi connectivity index (χ1n) is 10.3. The molecule has 2 aromatic rings. The second kappa shape index (κ2) is 9.16. The fourth-order valence-electron chi connectivity index (χ4n) is 3.73. The Balaban J connectivity index is 1.20. The summed E-state index contributed by atoms with van der Waals surface area (Å²) in [5.74, 6) is 1.56. The van der Waals surface area contributed by atoms with Gasteiger partial charge in [0.05, 0.1) is 6.54 Å². The van der Waals surface area contributed by atoms with Crippen LogP contribution >= 0.6 is 11.6 Å². The SMILES string of the molecule is CN1CCN(C(=O)CN[C@H]2CC2c2ccc(OCc3ccc(Cl)cc3)cc2)CC1. The van der Waals surface area contributed by atoms with Gasteiger partial charge in [-0.15, -0.1) is 0 Å². The molecule has 2 fully saturated rings. The third-order valence-electron chi connectivity index (χ3n) is 5.79. The Kier molecular flexibility index (Phi) is 6.38. The van der Waals surface area contributed by atoms with Crippen LogP contribution in [0.3, 0.4) is 0 Å². The van der Waals surface area contributed by atoms with E-state index in [0.717, 1.165) is 48.9 Å². The van der Waals surface area contributed by atoms with Crippen LogP contribution < -0.4 is 10.1 Å². The number of nitrogens with zero attached hydrogens (tertiary/aromatic N) is 2. The van der Waals surface area contributed by atoms with Crippen molar-refractivity contribution in [2.75, 3.05) is 39.8 Å². The Morgan fingerprint density at radius 3 is 2.45 bits per heavy atom. The fourth-order valence-corrected chi connectivity index (χ4v) is 3.86. The van der Waals surface area contributed by atoms with E-state index < -0.39 is 0 Å². The van der Waals surface area contributed by atoms with Crippen molar-refractivity contribution in [3.63, 3.8) is 0 Å². The fraction of sp³-hybridized carbons (Fsp3) is 0.435. The first kappa shape index (κ1) is 20.2. The van der Waals surface area contributed by atoms with Crippen molar-refractivity contribution in [2.24, 2.45) is 0 Å². The van der Waals surface area contributed by atoms with Gasteiger partial charge in [-0.2, -0.15) is 0 Å². The molecule has 1 saturated heterocycles. The molecule has 2 aromatic carbocycles. The molecule has 154 valence electrons. The van der Waals surface area contributed by atoms with Crippen LogP contribution in [0.5, 0.6) is 5.75 Å². The highest BCUT2D eigenvalue weighted by molar-refractivity contribution is 6.30. The van der Waals surface area contributed by atoms with Gasteiger partial charge in [0.15, 0.2) is 0 Å². The summed E-state index contributed by atoms with van der Waals surface area (Å²) in [7, 11) is 2.10. The largest absolute Gasteiger partial charge is 0.489 e. The zero-order valence-corrected chi connectivity index (χ0v) is 17.6. The van der Waals surface area contributed by atoms with E-state index >= 15 is 0 Å². The smallest absolute Gasteiger partial charge is 0.236 e. The van der Waals surface area contributed by atoms with E-state index in [1.807, 2.05) is 41.3 Å². The third kappa shape index (κ3) is 5.50. The molecule has 1 unspecified atom stereocenters. The van der Waals surface area contributed by atoms with Crippen molar-refractivity contribution < 1.29 is 9.53 Å². The topological polar surface area (TPSA) is 44.8 Å². The maximum atomic E-state index is 12.4. The maximum Gasteiger partial charge on any atom is 0.236 e. The number of nitrogens with one attached hydrogen (secondary N) is 1. The van der Waals surface area contributed by atoms with Crippen molar-refractivity contribution >= 4 is 17.5 Å². The van der Waals surface area contributed by atoms with E-state index in [9.17, 15) is 4.79 Å². The summed E-state index contributed by atoms with van der Waals surface area (Å²) in [6.07, 6.45) is 1.08. The molecule has 4 rings (SSSR count). The molecule has 29 heavy (non-hydrogen) atoms. The van der Waals surface area contributed by atoms with E-state index in [2.05, 4.69) is 29.4 Å². The Bertz CT molecular complexity index is 817. The first-order chi connectivity index (χ1) is 14.1. The van der Waals surface area contributed by atoms with E-state index in [-0.39, 0.29) is 5.91 Å². The Morgan fingerprint density at radius 1 is 1.07 bits per heavy atom. The number of halogens is 1. The normalized spacial score (nSPS) is 21.8. The molecule has 6 heteroatoms. The molecule has 1 heterocycles. The van der Waals surface area contributed by atoms with Crippen molar-refractivity contribution in [1.82, 2.24) is 15.1 Å². The van der Waals surface area contributed by atoms with Crippen LogP contribution in [0.25, 0.3) is 0 Å². The van der Waals surface area contributed by atoms with Crippen LogP contribution in [0.15, 0.2) is 48.5 Å². The van der Waals surface area contributed by atoms with Crippen molar-refractivity contribution in [3.05, 3.63) is 64.7 Å². The van der Waals surface area contributed by atoms with Gasteiger partial charge in [-0.05, 0) is 48.9 Å². The minimum Gasteiger partial charge on any atom is -0.489 e. The highest BCUT2D eigenvalue weighted by Crippen LogP contribution is 2.41. The van der Waals surface area contributed by atoms with Crippen molar-refractivity contribution in [3.8, 4) is 5.75 Å².